The van der Waals surface area contributed by atoms with E-state index in [4.69, 9.17) is 10.1 Å². The quantitative estimate of drug-likeness (QED) is 0.376. The molecule has 0 fully saturated rings. The molecule has 0 radical (unpaired) electrons. The molecule has 0 spiro atoms. The van der Waals surface area contributed by atoms with Crippen molar-refractivity contribution in [1.82, 2.24) is 9.97 Å². The summed E-state index contributed by atoms with van der Waals surface area (Å²) >= 11 is 0. The van der Waals surface area contributed by atoms with Gasteiger partial charge in [0.05, 0.1) is 11.3 Å². The predicted molar refractivity (Wildman–Crippen MR) is 125 cm³/mol. The average molecular weight is 461 g/mol. The maximum atomic E-state index is 13.8. The molecule has 2 N–H and O–H groups in total. The lowest BCUT2D eigenvalue weighted by molar-refractivity contribution is -0.138. The molecule has 172 valence electrons. The highest BCUT2D eigenvalue weighted by molar-refractivity contribution is 5.73. The molecule has 1 heterocycles. The van der Waals surface area contributed by atoms with Gasteiger partial charge in [0.1, 0.15) is 0 Å². The number of anilines is 2. The van der Waals surface area contributed by atoms with E-state index >= 15 is 0 Å². The first-order valence-corrected chi connectivity index (χ1v) is 11.0. The summed E-state index contributed by atoms with van der Waals surface area (Å²) in [5.74, 6) is -0.0272. The minimum absolute atomic E-state index is 0.0918. The second kappa shape index (κ2) is 8.91. The topological polar surface area (TPSA) is 58.0 Å². The number of alkyl halides is 3. The number of halogens is 3. The van der Waals surface area contributed by atoms with E-state index in [1.54, 1.807) is 18.3 Å². The molecule has 1 aliphatic carbocycles. The molecule has 34 heavy (non-hydrogen) atoms. The predicted octanol–water partition coefficient (Wildman–Crippen LogP) is 6.13. The van der Waals surface area contributed by atoms with Crippen LogP contribution in [0.4, 0.5) is 24.8 Å². The van der Waals surface area contributed by atoms with Crippen molar-refractivity contribution in [3.63, 3.8) is 0 Å². The highest BCUT2D eigenvalue weighted by Crippen LogP contribution is 2.45. The molecular weight excluding hydrogens is 439 g/mol. The fourth-order valence-electron chi connectivity index (χ4n) is 4.55. The molecule has 1 aliphatic rings. The Kier molecular flexibility index (Phi) is 5.79. The number of aliphatic hydroxyl groups is 1. The highest BCUT2D eigenvalue weighted by Gasteiger charge is 2.37. The molecule has 0 bridgehead atoms. The van der Waals surface area contributed by atoms with Gasteiger partial charge < -0.3 is 10.4 Å². The van der Waals surface area contributed by atoms with E-state index in [2.05, 4.69) is 10.3 Å². The lowest BCUT2D eigenvalue weighted by atomic mass is 9.76. The van der Waals surface area contributed by atoms with Gasteiger partial charge in [-0.15, -0.1) is 0 Å². The summed E-state index contributed by atoms with van der Waals surface area (Å²) in [6.45, 7) is 0.0918. The van der Waals surface area contributed by atoms with E-state index in [1.165, 1.54) is 6.07 Å². The molecule has 0 amide bonds. The minimum atomic E-state index is -4.43. The molecule has 0 saturated heterocycles. The smallest absolute Gasteiger partial charge is 0.396 e. The number of fused-ring (bicyclic) bond motifs is 3. The Morgan fingerprint density at radius 3 is 2.35 bits per heavy atom. The number of benzene rings is 3. The van der Waals surface area contributed by atoms with Crippen LogP contribution in [0.1, 0.15) is 33.7 Å². The van der Waals surface area contributed by atoms with Crippen molar-refractivity contribution in [2.75, 3.05) is 11.9 Å². The molecule has 7 heteroatoms. The van der Waals surface area contributed by atoms with E-state index in [0.717, 1.165) is 39.7 Å². The number of hydrogen-bond acceptors (Lipinski definition) is 4. The second-order valence-corrected chi connectivity index (χ2v) is 8.29. The molecule has 3 aromatic carbocycles. The first-order valence-electron chi connectivity index (χ1n) is 11.0. The third-order valence-electron chi connectivity index (χ3n) is 6.13. The third-order valence-corrected chi connectivity index (χ3v) is 6.13. The lowest BCUT2D eigenvalue weighted by Gasteiger charge is -2.29. The first-order chi connectivity index (χ1) is 16.4. The normalized spacial score (nSPS) is 14.9. The Labute approximate surface area is 195 Å². The molecule has 1 unspecified atom stereocenters. The minimum Gasteiger partial charge on any atom is -0.396 e. The van der Waals surface area contributed by atoms with Crippen LogP contribution in [0, 0.1) is 0 Å². The van der Waals surface area contributed by atoms with Crippen molar-refractivity contribution < 1.29 is 18.3 Å². The van der Waals surface area contributed by atoms with Crippen molar-refractivity contribution in [3.8, 4) is 11.3 Å². The van der Waals surface area contributed by atoms with Crippen molar-refractivity contribution in [2.24, 2.45) is 0 Å². The standard InChI is InChI=1S/C27H22F3N3O/c28-27(29,30)24-8-4-3-6-21(24)23-15-18-16-31-26(32-19-11-9-17(10-12-19)13-14-34)33-25(18)22-7-2-1-5-20(22)23/h1-12,16,23,34H,13-15H2,(H,31,32,33). The Bertz CT molecular complexity index is 1320. The largest absolute Gasteiger partial charge is 0.416 e. The van der Waals surface area contributed by atoms with Gasteiger partial charge in [-0.1, -0.05) is 54.6 Å². The van der Waals surface area contributed by atoms with Crippen LogP contribution >= 0.6 is 0 Å². The van der Waals surface area contributed by atoms with Crippen LogP contribution in [0.3, 0.4) is 0 Å². The molecule has 0 saturated carbocycles. The first kappa shape index (κ1) is 22.1. The molecule has 4 aromatic rings. The SMILES string of the molecule is OCCc1ccc(Nc2ncc3c(n2)-c2ccccc2C(c2ccccc2C(F)(F)F)C3)cc1. The average Bonchev–Trinajstić information content (AvgIpc) is 2.84. The van der Waals surface area contributed by atoms with Gasteiger partial charge in [0.2, 0.25) is 5.95 Å². The summed E-state index contributed by atoms with van der Waals surface area (Å²) in [5, 5.41) is 12.3. The highest BCUT2D eigenvalue weighted by atomic mass is 19.4. The number of aromatic nitrogens is 2. The van der Waals surface area contributed by atoms with Gasteiger partial charge >= 0.3 is 6.18 Å². The van der Waals surface area contributed by atoms with Gasteiger partial charge in [0.25, 0.3) is 0 Å². The van der Waals surface area contributed by atoms with Gasteiger partial charge in [-0.25, -0.2) is 9.97 Å². The van der Waals surface area contributed by atoms with Crippen molar-refractivity contribution in [3.05, 3.63) is 107 Å². The van der Waals surface area contributed by atoms with Crippen molar-refractivity contribution in [1.29, 1.82) is 0 Å². The monoisotopic (exact) mass is 461 g/mol. The van der Waals surface area contributed by atoms with Crippen LogP contribution in [0.25, 0.3) is 11.3 Å². The fraction of sp³-hybridized carbons (Fsp3) is 0.185. The van der Waals surface area contributed by atoms with Gasteiger partial charge in [0, 0.05) is 30.0 Å². The van der Waals surface area contributed by atoms with Crippen LogP contribution in [0.15, 0.2) is 79.0 Å². The summed E-state index contributed by atoms with van der Waals surface area (Å²) in [7, 11) is 0. The Balaban J connectivity index is 1.51. The van der Waals surface area contributed by atoms with Crippen LogP contribution in [0.5, 0.6) is 0 Å². The van der Waals surface area contributed by atoms with Crippen LogP contribution in [-0.4, -0.2) is 21.7 Å². The van der Waals surface area contributed by atoms with Crippen LogP contribution < -0.4 is 5.32 Å². The molecule has 0 aliphatic heterocycles. The zero-order valence-electron chi connectivity index (χ0n) is 18.2. The summed E-state index contributed by atoms with van der Waals surface area (Å²) in [6.07, 6.45) is -1.76. The molecule has 1 aromatic heterocycles. The number of hydrogen-bond donors (Lipinski definition) is 2. The Morgan fingerprint density at radius 1 is 0.912 bits per heavy atom. The zero-order chi connectivity index (χ0) is 23.7. The maximum Gasteiger partial charge on any atom is 0.416 e. The number of rotatable bonds is 5. The van der Waals surface area contributed by atoms with Gasteiger partial charge in [-0.05, 0) is 53.3 Å². The van der Waals surface area contributed by atoms with Crippen LogP contribution in [-0.2, 0) is 19.0 Å². The van der Waals surface area contributed by atoms with Gasteiger partial charge in [-0.3, -0.25) is 0 Å². The van der Waals surface area contributed by atoms with E-state index in [1.807, 2.05) is 48.5 Å². The summed E-state index contributed by atoms with van der Waals surface area (Å²) in [6, 6.07) is 20.9. The van der Waals surface area contributed by atoms with Gasteiger partial charge in [-0.2, -0.15) is 13.2 Å². The number of nitrogens with zero attached hydrogens (tertiary/aromatic N) is 2. The van der Waals surface area contributed by atoms with Crippen molar-refractivity contribution in [2.45, 2.75) is 24.9 Å². The third kappa shape index (κ3) is 4.26. The second-order valence-electron chi connectivity index (χ2n) is 8.29. The number of nitrogens with one attached hydrogen (secondary N) is 1. The van der Waals surface area contributed by atoms with E-state index < -0.39 is 17.7 Å². The molecular formula is C27H22F3N3O. The number of aliphatic hydroxyl groups excluding tert-OH is 1. The Morgan fingerprint density at radius 2 is 1.62 bits per heavy atom. The maximum absolute atomic E-state index is 13.8. The van der Waals surface area contributed by atoms with Crippen molar-refractivity contribution >= 4 is 11.6 Å². The summed E-state index contributed by atoms with van der Waals surface area (Å²) < 4.78 is 41.3. The Hall–Kier alpha value is -3.71. The van der Waals surface area contributed by atoms with E-state index in [0.29, 0.717) is 18.8 Å². The lowest BCUT2D eigenvalue weighted by Crippen LogP contribution is -2.19. The van der Waals surface area contributed by atoms with E-state index in [9.17, 15) is 13.2 Å². The fourth-order valence-corrected chi connectivity index (χ4v) is 4.55. The molecule has 1 atom stereocenters. The zero-order valence-corrected chi connectivity index (χ0v) is 18.2. The summed E-state index contributed by atoms with van der Waals surface area (Å²) in [4.78, 5) is 9.16. The molecule has 4 nitrogen and oxygen atoms in total. The van der Waals surface area contributed by atoms with Gasteiger partial charge in [0.15, 0.2) is 0 Å². The molecule has 5 rings (SSSR count). The van der Waals surface area contributed by atoms with E-state index in [-0.39, 0.29) is 12.2 Å². The van der Waals surface area contributed by atoms with Crippen LogP contribution in [0.2, 0.25) is 0 Å². The summed E-state index contributed by atoms with van der Waals surface area (Å²) in [5.41, 5.74) is 4.66.